The first kappa shape index (κ1) is 15.7. The first-order valence-electron chi connectivity index (χ1n) is 7.47. The molecule has 0 radical (unpaired) electrons. The molecule has 0 heterocycles. The summed E-state index contributed by atoms with van der Waals surface area (Å²) in [5.41, 5.74) is 0. The molecule has 0 saturated heterocycles. The fourth-order valence-electron chi connectivity index (χ4n) is 2.22. The smallest absolute Gasteiger partial charge is 0.0236 e. The summed E-state index contributed by atoms with van der Waals surface area (Å²) < 4.78 is 0. The van der Waals surface area contributed by atoms with Gasteiger partial charge in [0.1, 0.15) is 0 Å². The van der Waals surface area contributed by atoms with Gasteiger partial charge >= 0.3 is 0 Å². The predicted octanol–water partition coefficient (Wildman–Crippen LogP) is 6.12. The van der Waals surface area contributed by atoms with Crippen molar-refractivity contribution in [2.75, 3.05) is 0 Å². The molecule has 0 amide bonds. The maximum absolute atomic E-state index is 3.97. The van der Waals surface area contributed by atoms with Crippen LogP contribution in [0.4, 0.5) is 0 Å². The molecule has 0 aliphatic heterocycles. The molecule has 0 heteroatoms. The van der Waals surface area contributed by atoms with E-state index in [1.165, 1.54) is 70.6 Å². The Bertz CT molecular complexity index is 137. The van der Waals surface area contributed by atoms with Gasteiger partial charge in [0.05, 0.1) is 0 Å². The van der Waals surface area contributed by atoms with Gasteiger partial charge in [0.15, 0.2) is 0 Å². The molecular weight excluding hydrogens is 192 g/mol. The molecule has 0 aliphatic carbocycles. The largest absolute Gasteiger partial charge is 0.103 e. The predicted molar refractivity (Wildman–Crippen MR) is 75.8 cm³/mol. The molecule has 1 unspecified atom stereocenters. The van der Waals surface area contributed by atoms with Gasteiger partial charge in [0.25, 0.3) is 0 Å². The number of hydrogen-bond donors (Lipinski definition) is 0. The van der Waals surface area contributed by atoms with Gasteiger partial charge in [-0.1, -0.05) is 77.7 Å². The van der Waals surface area contributed by atoms with Crippen molar-refractivity contribution in [3.05, 3.63) is 12.7 Å². The molecule has 0 rings (SSSR count). The molecule has 96 valence electrons. The van der Waals surface area contributed by atoms with Crippen LogP contribution < -0.4 is 0 Å². The third-order valence-corrected chi connectivity index (χ3v) is 3.44. The number of allylic oxidation sites excluding steroid dienone is 1. The quantitative estimate of drug-likeness (QED) is 0.277. The molecule has 0 nitrogen and oxygen atoms in total. The molecule has 0 bridgehead atoms. The lowest BCUT2D eigenvalue weighted by atomic mass is 9.94. The van der Waals surface area contributed by atoms with Crippen molar-refractivity contribution in [3.8, 4) is 0 Å². The average molecular weight is 224 g/mol. The number of unbranched alkanes of at least 4 members (excludes halogenated alkanes) is 7. The highest BCUT2D eigenvalue weighted by molar-refractivity contribution is 4.78. The van der Waals surface area contributed by atoms with Crippen LogP contribution in [0, 0.1) is 5.92 Å². The van der Waals surface area contributed by atoms with Crippen molar-refractivity contribution < 1.29 is 0 Å². The van der Waals surface area contributed by atoms with E-state index in [4.69, 9.17) is 0 Å². The van der Waals surface area contributed by atoms with Gasteiger partial charge in [-0.2, -0.15) is 0 Å². The first-order chi connectivity index (χ1) is 7.85. The van der Waals surface area contributed by atoms with Crippen LogP contribution in [0.2, 0.25) is 0 Å². The molecule has 0 saturated carbocycles. The summed E-state index contributed by atoms with van der Waals surface area (Å²) in [6, 6.07) is 0. The fourth-order valence-corrected chi connectivity index (χ4v) is 2.22. The monoisotopic (exact) mass is 224 g/mol. The summed E-state index contributed by atoms with van der Waals surface area (Å²) in [6.07, 6.45) is 17.5. The Morgan fingerprint density at radius 3 is 1.62 bits per heavy atom. The Kier molecular flexibility index (Phi) is 12.6. The lowest BCUT2D eigenvalue weighted by molar-refractivity contribution is 0.471. The third kappa shape index (κ3) is 10.3. The van der Waals surface area contributed by atoms with Crippen LogP contribution in [-0.2, 0) is 0 Å². The van der Waals surface area contributed by atoms with Crippen LogP contribution in [0.3, 0.4) is 0 Å². The summed E-state index contributed by atoms with van der Waals surface area (Å²) >= 11 is 0. The van der Waals surface area contributed by atoms with Gasteiger partial charge in [-0.05, 0) is 18.8 Å². The minimum Gasteiger partial charge on any atom is -0.103 e. The Balaban J connectivity index is 3.33. The highest BCUT2D eigenvalue weighted by atomic mass is 14.1. The highest BCUT2D eigenvalue weighted by Gasteiger charge is 2.03. The normalized spacial score (nSPS) is 12.6. The van der Waals surface area contributed by atoms with Crippen LogP contribution in [0.5, 0.6) is 0 Å². The molecule has 0 spiro atoms. The molecule has 0 aliphatic rings. The van der Waals surface area contributed by atoms with Gasteiger partial charge in [-0.25, -0.2) is 0 Å². The van der Waals surface area contributed by atoms with E-state index in [0.717, 1.165) is 5.92 Å². The Hall–Kier alpha value is -0.260. The van der Waals surface area contributed by atoms with Gasteiger partial charge in [0.2, 0.25) is 0 Å². The molecule has 1 atom stereocenters. The van der Waals surface area contributed by atoms with Crippen LogP contribution in [0.25, 0.3) is 0 Å². The summed E-state index contributed by atoms with van der Waals surface area (Å²) in [6.45, 7) is 8.53. The molecule has 0 aromatic heterocycles. The Labute approximate surface area is 104 Å². The number of rotatable bonds is 12. The van der Waals surface area contributed by atoms with Crippen molar-refractivity contribution in [1.29, 1.82) is 0 Å². The molecular formula is C16H32. The van der Waals surface area contributed by atoms with Crippen LogP contribution >= 0.6 is 0 Å². The maximum atomic E-state index is 3.97. The van der Waals surface area contributed by atoms with Gasteiger partial charge < -0.3 is 0 Å². The zero-order valence-electron chi connectivity index (χ0n) is 11.6. The van der Waals surface area contributed by atoms with Gasteiger partial charge in [-0.15, -0.1) is 6.58 Å². The molecule has 0 aromatic rings. The van der Waals surface area contributed by atoms with Crippen molar-refractivity contribution in [2.24, 2.45) is 5.92 Å². The van der Waals surface area contributed by atoms with Crippen LogP contribution in [0.1, 0.15) is 84.5 Å². The average Bonchev–Trinajstić information content (AvgIpc) is 2.31. The van der Waals surface area contributed by atoms with E-state index >= 15 is 0 Å². The van der Waals surface area contributed by atoms with E-state index in [1.807, 2.05) is 0 Å². The second kappa shape index (κ2) is 12.8. The standard InChI is InChI=1S/C16H32/c1-4-7-9-11-13-15-16(6-3)14-12-10-8-5-2/h6,16H,3-5,7-15H2,1-2H3. The topological polar surface area (TPSA) is 0 Å². The highest BCUT2D eigenvalue weighted by Crippen LogP contribution is 2.19. The SMILES string of the molecule is C=CC(CCCCCC)CCCCCCC. The lowest BCUT2D eigenvalue weighted by Gasteiger charge is -2.11. The summed E-state index contributed by atoms with van der Waals surface area (Å²) in [5.74, 6) is 0.790. The second-order valence-corrected chi connectivity index (χ2v) is 5.05. The minimum atomic E-state index is 0.790. The van der Waals surface area contributed by atoms with E-state index in [2.05, 4.69) is 26.5 Å². The summed E-state index contributed by atoms with van der Waals surface area (Å²) in [7, 11) is 0. The maximum Gasteiger partial charge on any atom is -0.0236 e. The Morgan fingerprint density at radius 2 is 1.19 bits per heavy atom. The van der Waals surface area contributed by atoms with Crippen LogP contribution in [-0.4, -0.2) is 0 Å². The van der Waals surface area contributed by atoms with Crippen LogP contribution in [0.15, 0.2) is 12.7 Å². The van der Waals surface area contributed by atoms with Crippen molar-refractivity contribution in [2.45, 2.75) is 84.5 Å². The van der Waals surface area contributed by atoms with Crippen molar-refractivity contribution in [1.82, 2.24) is 0 Å². The van der Waals surface area contributed by atoms with E-state index in [1.54, 1.807) is 0 Å². The molecule has 0 N–H and O–H groups in total. The van der Waals surface area contributed by atoms with Crippen molar-refractivity contribution >= 4 is 0 Å². The molecule has 0 fully saturated rings. The zero-order chi connectivity index (χ0) is 12.1. The van der Waals surface area contributed by atoms with E-state index in [0.29, 0.717) is 0 Å². The minimum absolute atomic E-state index is 0.790. The Morgan fingerprint density at radius 1 is 0.750 bits per heavy atom. The van der Waals surface area contributed by atoms with E-state index in [9.17, 15) is 0 Å². The lowest BCUT2D eigenvalue weighted by Crippen LogP contribution is -1.96. The van der Waals surface area contributed by atoms with Gasteiger partial charge in [0, 0.05) is 0 Å². The molecule has 0 aromatic carbocycles. The van der Waals surface area contributed by atoms with Gasteiger partial charge in [-0.3, -0.25) is 0 Å². The molecule has 16 heavy (non-hydrogen) atoms. The zero-order valence-corrected chi connectivity index (χ0v) is 11.6. The summed E-state index contributed by atoms with van der Waals surface area (Å²) in [5, 5.41) is 0. The third-order valence-electron chi connectivity index (χ3n) is 3.44. The second-order valence-electron chi connectivity index (χ2n) is 5.05. The summed E-state index contributed by atoms with van der Waals surface area (Å²) in [4.78, 5) is 0. The fraction of sp³-hybridized carbons (Fsp3) is 0.875. The first-order valence-corrected chi connectivity index (χ1v) is 7.47. The van der Waals surface area contributed by atoms with E-state index in [-0.39, 0.29) is 0 Å². The van der Waals surface area contributed by atoms with E-state index < -0.39 is 0 Å². The number of hydrogen-bond acceptors (Lipinski definition) is 0. The van der Waals surface area contributed by atoms with Crippen molar-refractivity contribution in [3.63, 3.8) is 0 Å².